The molecule has 1 saturated carbocycles. The predicted molar refractivity (Wildman–Crippen MR) is 61.6 cm³/mol. The van der Waals surface area contributed by atoms with Crippen LogP contribution in [0.5, 0.6) is 0 Å². The molecule has 0 radical (unpaired) electrons. The summed E-state index contributed by atoms with van der Waals surface area (Å²) < 4.78 is 25.9. The molecule has 1 aliphatic carbocycles. The van der Waals surface area contributed by atoms with Crippen molar-refractivity contribution in [2.24, 2.45) is 5.92 Å². The van der Waals surface area contributed by atoms with Crippen LogP contribution < -0.4 is 5.32 Å². The van der Waals surface area contributed by atoms with E-state index in [0.717, 1.165) is 25.0 Å². The van der Waals surface area contributed by atoms with Crippen molar-refractivity contribution < 1.29 is 13.6 Å². The van der Waals surface area contributed by atoms with Gasteiger partial charge in [-0.3, -0.25) is 4.79 Å². The number of hydrogen-bond donors (Lipinski definition) is 1. The predicted octanol–water partition coefficient (Wildman–Crippen LogP) is 3.48. The van der Waals surface area contributed by atoms with Gasteiger partial charge in [-0.25, -0.2) is 8.78 Å². The Morgan fingerprint density at radius 3 is 2.65 bits per heavy atom. The van der Waals surface area contributed by atoms with E-state index in [2.05, 4.69) is 5.32 Å². The third kappa shape index (κ3) is 3.25. The molecule has 1 amide bonds. The summed E-state index contributed by atoms with van der Waals surface area (Å²) >= 11 is 0. The fourth-order valence-electron chi connectivity index (χ4n) is 2.27. The second kappa shape index (κ2) is 5.25. The van der Waals surface area contributed by atoms with E-state index in [-0.39, 0.29) is 11.6 Å². The van der Waals surface area contributed by atoms with Gasteiger partial charge >= 0.3 is 0 Å². The van der Waals surface area contributed by atoms with Crippen molar-refractivity contribution >= 4 is 11.6 Å². The van der Waals surface area contributed by atoms with E-state index in [1.807, 2.05) is 0 Å². The number of nitrogens with one attached hydrogen (secondary N) is 1. The van der Waals surface area contributed by atoms with Crippen LogP contribution >= 0.6 is 0 Å². The molecule has 0 atom stereocenters. The van der Waals surface area contributed by atoms with Crippen LogP contribution in [-0.4, -0.2) is 5.91 Å². The van der Waals surface area contributed by atoms with Gasteiger partial charge < -0.3 is 5.32 Å². The quantitative estimate of drug-likeness (QED) is 0.859. The fraction of sp³-hybridized carbons (Fsp3) is 0.462. The van der Waals surface area contributed by atoms with Crippen molar-refractivity contribution in [2.75, 3.05) is 5.32 Å². The molecular weight excluding hydrogens is 224 g/mol. The van der Waals surface area contributed by atoms with Crippen molar-refractivity contribution in [2.45, 2.75) is 32.1 Å². The summed E-state index contributed by atoms with van der Waals surface area (Å²) in [7, 11) is 0. The van der Waals surface area contributed by atoms with Crippen LogP contribution in [0.15, 0.2) is 18.2 Å². The van der Waals surface area contributed by atoms with E-state index >= 15 is 0 Å². The molecule has 0 aromatic heterocycles. The zero-order chi connectivity index (χ0) is 12.3. The van der Waals surface area contributed by atoms with Gasteiger partial charge in [0.25, 0.3) is 0 Å². The van der Waals surface area contributed by atoms with Gasteiger partial charge in [0.2, 0.25) is 5.91 Å². The highest BCUT2D eigenvalue weighted by atomic mass is 19.1. The molecule has 0 heterocycles. The number of amides is 1. The summed E-state index contributed by atoms with van der Waals surface area (Å²) in [6.07, 6.45) is 4.90. The van der Waals surface area contributed by atoms with Crippen LogP contribution in [-0.2, 0) is 4.79 Å². The number of carbonyl (C=O) groups excluding carboxylic acids is 1. The van der Waals surface area contributed by atoms with Gasteiger partial charge in [-0.15, -0.1) is 0 Å². The first-order chi connectivity index (χ1) is 8.15. The lowest BCUT2D eigenvalue weighted by molar-refractivity contribution is -0.117. The highest BCUT2D eigenvalue weighted by Crippen LogP contribution is 2.28. The molecule has 2 nitrogen and oxygen atoms in total. The number of hydrogen-bond acceptors (Lipinski definition) is 1. The van der Waals surface area contributed by atoms with Gasteiger partial charge in [-0.1, -0.05) is 12.8 Å². The largest absolute Gasteiger partial charge is 0.324 e. The van der Waals surface area contributed by atoms with Gasteiger partial charge in [0, 0.05) is 12.5 Å². The summed E-state index contributed by atoms with van der Waals surface area (Å²) in [5.74, 6) is -1.15. The lowest BCUT2D eigenvalue weighted by Crippen LogP contribution is -2.16. The zero-order valence-electron chi connectivity index (χ0n) is 9.51. The van der Waals surface area contributed by atoms with E-state index in [1.54, 1.807) is 0 Å². The minimum absolute atomic E-state index is 0.0504. The molecule has 1 aromatic rings. The summed E-state index contributed by atoms with van der Waals surface area (Å²) in [5, 5.41) is 2.48. The topological polar surface area (TPSA) is 29.1 Å². The number of rotatable bonds is 3. The van der Waals surface area contributed by atoms with Gasteiger partial charge in [0.05, 0.1) is 5.69 Å². The number of anilines is 1. The van der Waals surface area contributed by atoms with Gasteiger partial charge in [0.1, 0.15) is 11.6 Å². The van der Waals surface area contributed by atoms with Crippen molar-refractivity contribution in [3.05, 3.63) is 29.8 Å². The number of carbonyl (C=O) groups is 1. The highest BCUT2D eigenvalue weighted by molar-refractivity contribution is 5.90. The van der Waals surface area contributed by atoms with E-state index in [4.69, 9.17) is 0 Å². The molecule has 0 spiro atoms. The van der Waals surface area contributed by atoms with Crippen LogP contribution in [0, 0.1) is 17.6 Å². The van der Waals surface area contributed by atoms with E-state index in [0.29, 0.717) is 12.3 Å². The van der Waals surface area contributed by atoms with E-state index in [1.165, 1.54) is 18.9 Å². The minimum atomic E-state index is -0.732. The molecule has 0 unspecified atom stereocenters. The minimum Gasteiger partial charge on any atom is -0.324 e. The standard InChI is InChI=1S/C13H15F2NO/c14-10-5-6-12(11(15)8-10)16-13(17)7-9-3-1-2-4-9/h5-6,8-9H,1-4,7H2,(H,16,17). The molecule has 0 aliphatic heterocycles. The Hall–Kier alpha value is -1.45. The molecule has 0 saturated heterocycles. The first-order valence-electron chi connectivity index (χ1n) is 5.90. The second-order valence-corrected chi connectivity index (χ2v) is 4.53. The van der Waals surface area contributed by atoms with Crippen LogP contribution in [0.25, 0.3) is 0 Å². The lowest BCUT2D eigenvalue weighted by Gasteiger charge is -2.10. The molecule has 92 valence electrons. The second-order valence-electron chi connectivity index (χ2n) is 4.53. The maximum absolute atomic E-state index is 13.3. The third-order valence-electron chi connectivity index (χ3n) is 3.15. The molecule has 2 rings (SSSR count). The molecule has 17 heavy (non-hydrogen) atoms. The van der Waals surface area contributed by atoms with Crippen LogP contribution in [0.4, 0.5) is 14.5 Å². The zero-order valence-corrected chi connectivity index (χ0v) is 9.51. The molecule has 1 fully saturated rings. The smallest absolute Gasteiger partial charge is 0.224 e. The fourth-order valence-corrected chi connectivity index (χ4v) is 2.27. The summed E-state index contributed by atoms with van der Waals surface area (Å²) in [4.78, 5) is 11.6. The molecule has 0 bridgehead atoms. The van der Waals surface area contributed by atoms with Crippen molar-refractivity contribution in [3.8, 4) is 0 Å². The summed E-state index contributed by atoms with van der Waals surface area (Å²) in [6, 6.07) is 3.15. The summed E-state index contributed by atoms with van der Waals surface area (Å²) in [6.45, 7) is 0. The molecule has 1 N–H and O–H groups in total. The van der Waals surface area contributed by atoms with Crippen LogP contribution in [0.3, 0.4) is 0 Å². The maximum Gasteiger partial charge on any atom is 0.224 e. The van der Waals surface area contributed by atoms with Crippen molar-refractivity contribution in [1.82, 2.24) is 0 Å². The third-order valence-corrected chi connectivity index (χ3v) is 3.15. The van der Waals surface area contributed by atoms with Crippen LogP contribution in [0.2, 0.25) is 0 Å². The Kier molecular flexibility index (Phi) is 3.71. The molecular formula is C13H15F2NO. The SMILES string of the molecule is O=C(CC1CCCC1)Nc1ccc(F)cc1F. The Balaban J connectivity index is 1.93. The normalized spacial score (nSPS) is 16.1. The Morgan fingerprint density at radius 2 is 2.00 bits per heavy atom. The summed E-state index contributed by atoms with van der Waals surface area (Å²) in [5.41, 5.74) is 0.0504. The monoisotopic (exact) mass is 239 g/mol. The molecule has 1 aromatic carbocycles. The number of benzene rings is 1. The molecule has 1 aliphatic rings. The van der Waals surface area contributed by atoms with Crippen molar-refractivity contribution in [1.29, 1.82) is 0 Å². The average molecular weight is 239 g/mol. The van der Waals surface area contributed by atoms with Gasteiger partial charge in [-0.05, 0) is 30.9 Å². The van der Waals surface area contributed by atoms with Crippen LogP contribution in [0.1, 0.15) is 32.1 Å². The first kappa shape index (κ1) is 12.0. The van der Waals surface area contributed by atoms with E-state index < -0.39 is 11.6 Å². The Labute approximate surface area is 99.0 Å². The first-order valence-corrected chi connectivity index (χ1v) is 5.90. The Morgan fingerprint density at radius 1 is 1.29 bits per heavy atom. The lowest BCUT2D eigenvalue weighted by atomic mass is 10.0. The highest BCUT2D eigenvalue weighted by Gasteiger charge is 2.19. The average Bonchev–Trinajstić information content (AvgIpc) is 2.75. The van der Waals surface area contributed by atoms with Gasteiger partial charge in [-0.2, -0.15) is 0 Å². The molecule has 4 heteroatoms. The Bertz CT molecular complexity index is 414. The maximum atomic E-state index is 13.3. The van der Waals surface area contributed by atoms with Gasteiger partial charge in [0.15, 0.2) is 0 Å². The number of halogens is 2. The van der Waals surface area contributed by atoms with E-state index in [9.17, 15) is 13.6 Å². The van der Waals surface area contributed by atoms with Crippen molar-refractivity contribution in [3.63, 3.8) is 0 Å².